The van der Waals surface area contributed by atoms with E-state index in [0.29, 0.717) is 11.3 Å². The quantitative estimate of drug-likeness (QED) is 0.591. The predicted octanol–water partition coefficient (Wildman–Crippen LogP) is 3.04. The summed E-state index contributed by atoms with van der Waals surface area (Å²) in [6.07, 6.45) is 0. The molecule has 4 amide bonds. The molecule has 1 heterocycles. The van der Waals surface area contributed by atoms with Crippen LogP contribution in [0.5, 0.6) is 5.75 Å². The lowest BCUT2D eigenvalue weighted by atomic mass is 10.1. The average molecular weight is 339 g/mol. The largest absolute Gasteiger partial charge is 0.506 e. The van der Waals surface area contributed by atoms with E-state index in [0.717, 1.165) is 0 Å². The van der Waals surface area contributed by atoms with E-state index in [1.165, 1.54) is 23.1 Å². The molecule has 1 aliphatic rings. The maximum Gasteiger partial charge on any atom is 0.323 e. The first kappa shape index (κ1) is 16.5. The maximum absolute atomic E-state index is 12.4. The zero-order valence-electron chi connectivity index (χ0n) is 13.7. The fourth-order valence-electron chi connectivity index (χ4n) is 2.67. The topological polar surface area (TPSA) is 98.7 Å². The Hall–Kier alpha value is -3.35. The second-order valence-electron chi connectivity index (χ2n) is 5.93. The molecule has 0 saturated heterocycles. The van der Waals surface area contributed by atoms with Crippen LogP contribution < -0.4 is 10.6 Å². The van der Waals surface area contributed by atoms with Crippen LogP contribution in [0.15, 0.2) is 42.5 Å². The lowest BCUT2D eigenvalue weighted by molar-refractivity contribution is 0.0609. The van der Waals surface area contributed by atoms with Gasteiger partial charge in [-0.15, -0.1) is 0 Å². The Bertz CT molecular complexity index is 876. The monoisotopic (exact) mass is 339 g/mol. The molecular weight excluding hydrogens is 322 g/mol. The van der Waals surface area contributed by atoms with Crippen LogP contribution in [0, 0.1) is 0 Å². The number of amides is 4. The first-order chi connectivity index (χ1) is 11.9. The second kappa shape index (κ2) is 6.27. The fourth-order valence-corrected chi connectivity index (χ4v) is 2.67. The van der Waals surface area contributed by atoms with E-state index in [-0.39, 0.29) is 34.9 Å². The number of carbonyl (C=O) groups excluding carboxylic acids is 3. The van der Waals surface area contributed by atoms with Crippen molar-refractivity contribution in [2.24, 2.45) is 0 Å². The van der Waals surface area contributed by atoms with Crippen LogP contribution in [0.1, 0.15) is 34.6 Å². The number of para-hydroxylation sites is 2. The Balaban J connectivity index is 1.78. The summed E-state index contributed by atoms with van der Waals surface area (Å²) >= 11 is 0. The highest BCUT2D eigenvalue weighted by atomic mass is 16.3. The first-order valence-electron chi connectivity index (χ1n) is 7.76. The summed E-state index contributed by atoms with van der Waals surface area (Å²) in [6.45, 7) is 3.53. The van der Waals surface area contributed by atoms with E-state index in [1.807, 2.05) is 0 Å². The number of aromatic hydroxyl groups is 1. The molecule has 7 nitrogen and oxygen atoms in total. The van der Waals surface area contributed by atoms with Crippen molar-refractivity contribution in [1.82, 2.24) is 4.90 Å². The van der Waals surface area contributed by atoms with Crippen LogP contribution in [-0.2, 0) is 0 Å². The molecule has 0 fully saturated rings. The minimum absolute atomic E-state index is 0.0556. The fraction of sp³-hybridized carbons (Fsp3) is 0.167. The second-order valence-corrected chi connectivity index (χ2v) is 5.93. The van der Waals surface area contributed by atoms with Gasteiger partial charge in [-0.2, -0.15) is 0 Å². The van der Waals surface area contributed by atoms with Crippen LogP contribution >= 0.6 is 0 Å². The predicted molar refractivity (Wildman–Crippen MR) is 92.8 cm³/mol. The number of nitrogens with one attached hydrogen (secondary N) is 2. The lowest BCUT2D eigenvalue weighted by Gasteiger charge is -2.17. The molecule has 2 aromatic rings. The molecule has 0 aromatic heterocycles. The van der Waals surface area contributed by atoms with Crippen molar-refractivity contribution < 1.29 is 19.5 Å². The van der Waals surface area contributed by atoms with Gasteiger partial charge in [-0.3, -0.25) is 14.5 Å². The molecule has 3 N–H and O–H groups in total. The zero-order chi connectivity index (χ0) is 18.1. The molecule has 0 aliphatic carbocycles. The standard InChI is InChI=1S/C18H17N3O4/c1-10(2)21-16(23)12-8-7-11(9-13(12)17(21)24)19-18(25)20-14-5-3-4-6-15(14)22/h3-10,22H,1-2H3,(H2,19,20,25). The van der Waals surface area contributed by atoms with Crippen molar-refractivity contribution in [3.63, 3.8) is 0 Å². The van der Waals surface area contributed by atoms with Crippen LogP contribution in [0.2, 0.25) is 0 Å². The lowest BCUT2D eigenvalue weighted by Crippen LogP contribution is -2.35. The van der Waals surface area contributed by atoms with E-state index in [2.05, 4.69) is 10.6 Å². The third-order valence-electron chi connectivity index (χ3n) is 3.84. The van der Waals surface area contributed by atoms with Crippen molar-refractivity contribution in [2.75, 3.05) is 10.6 Å². The number of nitrogens with zero attached hydrogens (tertiary/aromatic N) is 1. The molecular formula is C18H17N3O4. The molecule has 0 radical (unpaired) electrons. The average Bonchev–Trinajstić information content (AvgIpc) is 2.80. The number of urea groups is 1. The number of imide groups is 1. The van der Waals surface area contributed by atoms with E-state index < -0.39 is 6.03 Å². The van der Waals surface area contributed by atoms with Crippen LogP contribution in [0.4, 0.5) is 16.2 Å². The minimum atomic E-state index is -0.570. The number of hydrogen-bond acceptors (Lipinski definition) is 4. The van der Waals surface area contributed by atoms with Crippen molar-refractivity contribution >= 4 is 29.2 Å². The van der Waals surface area contributed by atoms with Gasteiger partial charge < -0.3 is 15.7 Å². The Labute approximate surface area is 144 Å². The van der Waals surface area contributed by atoms with Gasteiger partial charge in [-0.1, -0.05) is 12.1 Å². The maximum atomic E-state index is 12.4. The molecule has 128 valence electrons. The van der Waals surface area contributed by atoms with Gasteiger partial charge >= 0.3 is 6.03 Å². The number of hydrogen-bond donors (Lipinski definition) is 3. The number of benzene rings is 2. The molecule has 0 saturated carbocycles. The summed E-state index contributed by atoms with van der Waals surface area (Å²) in [5, 5.41) is 14.8. The van der Waals surface area contributed by atoms with E-state index in [9.17, 15) is 19.5 Å². The normalized spacial score (nSPS) is 13.2. The van der Waals surface area contributed by atoms with Crippen LogP contribution in [0.3, 0.4) is 0 Å². The third-order valence-corrected chi connectivity index (χ3v) is 3.84. The first-order valence-corrected chi connectivity index (χ1v) is 7.76. The van der Waals surface area contributed by atoms with Crippen molar-refractivity contribution in [3.8, 4) is 5.75 Å². The number of rotatable bonds is 3. The third kappa shape index (κ3) is 3.03. The summed E-state index contributed by atoms with van der Waals surface area (Å²) in [7, 11) is 0. The highest BCUT2D eigenvalue weighted by Crippen LogP contribution is 2.27. The number of carbonyl (C=O) groups is 3. The van der Waals surface area contributed by atoms with Crippen molar-refractivity contribution in [1.29, 1.82) is 0 Å². The van der Waals surface area contributed by atoms with Crippen molar-refractivity contribution in [3.05, 3.63) is 53.6 Å². The van der Waals surface area contributed by atoms with Gasteiger partial charge in [0, 0.05) is 11.7 Å². The van der Waals surface area contributed by atoms with E-state index >= 15 is 0 Å². The molecule has 0 spiro atoms. The molecule has 0 bridgehead atoms. The molecule has 7 heteroatoms. The highest BCUT2D eigenvalue weighted by molar-refractivity contribution is 6.22. The molecule has 25 heavy (non-hydrogen) atoms. The Kier molecular flexibility index (Phi) is 4.14. The van der Waals surface area contributed by atoms with Crippen LogP contribution in [-0.4, -0.2) is 33.9 Å². The number of fused-ring (bicyclic) bond motifs is 1. The highest BCUT2D eigenvalue weighted by Gasteiger charge is 2.37. The van der Waals surface area contributed by atoms with Gasteiger partial charge in [0.2, 0.25) is 0 Å². The van der Waals surface area contributed by atoms with E-state index in [1.54, 1.807) is 38.1 Å². The van der Waals surface area contributed by atoms with Gasteiger partial charge in [-0.25, -0.2) is 4.79 Å². The number of anilines is 2. The van der Waals surface area contributed by atoms with Crippen LogP contribution in [0.25, 0.3) is 0 Å². The zero-order valence-corrected chi connectivity index (χ0v) is 13.7. The molecule has 0 atom stereocenters. The molecule has 2 aromatic carbocycles. The number of phenolic OH excluding ortho intramolecular Hbond substituents is 1. The smallest absolute Gasteiger partial charge is 0.323 e. The SMILES string of the molecule is CC(C)N1C(=O)c2ccc(NC(=O)Nc3ccccc3O)cc2C1=O. The van der Waals surface area contributed by atoms with Gasteiger partial charge in [0.15, 0.2) is 0 Å². The summed E-state index contributed by atoms with van der Waals surface area (Å²) < 4.78 is 0. The van der Waals surface area contributed by atoms with Gasteiger partial charge in [0.25, 0.3) is 11.8 Å². The molecule has 0 unspecified atom stereocenters. The van der Waals surface area contributed by atoms with Crippen molar-refractivity contribution in [2.45, 2.75) is 19.9 Å². The number of phenols is 1. The minimum Gasteiger partial charge on any atom is -0.506 e. The molecule has 1 aliphatic heterocycles. The molecule has 3 rings (SSSR count). The summed E-state index contributed by atoms with van der Waals surface area (Å²) in [5.74, 6) is -0.764. The van der Waals surface area contributed by atoms with Gasteiger partial charge in [-0.05, 0) is 44.2 Å². The summed E-state index contributed by atoms with van der Waals surface area (Å²) in [4.78, 5) is 37.9. The van der Waals surface area contributed by atoms with E-state index in [4.69, 9.17) is 0 Å². The Morgan fingerprint density at radius 3 is 2.36 bits per heavy atom. The Morgan fingerprint density at radius 1 is 1.00 bits per heavy atom. The Morgan fingerprint density at radius 2 is 1.68 bits per heavy atom. The summed E-state index contributed by atoms with van der Waals surface area (Å²) in [6, 6.07) is 10.1. The van der Waals surface area contributed by atoms with Gasteiger partial charge in [0.1, 0.15) is 5.75 Å². The summed E-state index contributed by atoms with van der Waals surface area (Å²) in [5.41, 5.74) is 1.22. The van der Waals surface area contributed by atoms with Gasteiger partial charge in [0.05, 0.1) is 16.8 Å².